The van der Waals surface area contributed by atoms with E-state index in [1.807, 2.05) is 24.3 Å². The van der Waals surface area contributed by atoms with Crippen LogP contribution in [0.25, 0.3) is 0 Å². The number of aromatic nitrogens is 2. The zero-order valence-corrected chi connectivity index (χ0v) is 13.4. The minimum Gasteiger partial charge on any atom is -0.326 e. The van der Waals surface area contributed by atoms with Gasteiger partial charge in [-0.3, -0.25) is 4.79 Å². The van der Waals surface area contributed by atoms with E-state index in [1.165, 1.54) is 24.0 Å². The Balaban J connectivity index is 2.31. The Hall–Kier alpha value is -1.11. The van der Waals surface area contributed by atoms with Crippen LogP contribution in [0, 0.1) is 0 Å². The molecule has 2 aromatic rings. The summed E-state index contributed by atoms with van der Waals surface area (Å²) in [4.78, 5) is 18.3. The minimum atomic E-state index is -0.152. The summed E-state index contributed by atoms with van der Waals surface area (Å²) in [5.41, 5.74) is 7.19. The van der Waals surface area contributed by atoms with Gasteiger partial charge in [0.05, 0.1) is 5.25 Å². The maximum Gasteiger partial charge on any atom is 0.251 e. The fraction of sp³-hybridized carbons (Fsp3) is 0.286. The van der Waals surface area contributed by atoms with Crippen LogP contribution in [0.15, 0.2) is 51.0 Å². The lowest BCUT2D eigenvalue weighted by Crippen LogP contribution is -2.26. The number of halogens is 1. The van der Waals surface area contributed by atoms with Crippen molar-refractivity contribution >= 4 is 27.7 Å². The molecule has 0 spiro atoms. The Morgan fingerprint density at radius 1 is 1.45 bits per heavy atom. The van der Waals surface area contributed by atoms with E-state index in [-0.39, 0.29) is 16.9 Å². The second-order valence-corrected chi connectivity index (χ2v) is 6.45. The standard InChI is InChI=1S/C14H16BrN3OS/c1-2-11(16)13(9-4-3-5-10(15)8-9)20-14-17-7-6-12(19)18-14/h3-8,11,13H,2,16H2,1H3,(H,17,18,19). The van der Waals surface area contributed by atoms with Crippen LogP contribution in [0.2, 0.25) is 0 Å². The number of hydrogen-bond acceptors (Lipinski definition) is 4. The first kappa shape index (κ1) is 15.3. The fourth-order valence-corrected chi connectivity index (χ4v) is 3.42. The van der Waals surface area contributed by atoms with Crippen molar-refractivity contribution in [2.24, 2.45) is 5.73 Å². The van der Waals surface area contributed by atoms with Crippen LogP contribution in [0.5, 0.6) is 0 Å². The number of nitrogens with two attached hydrogens (primary N) is 1. The molecular formula is C14H16BrN3OS. The fourth-order valence-electron chi connectivity index (χ4n) is 1.83. The highest BCUT2D eigenvalue weighted by atomic mass is 79.9. The largest absolute Gasteiger partial charge is 0.326 e. The predicted molar refractivity (Wildman–Crippen MR) is 85.9 cm³/mol. The Kier molecular flexibility index (Phi) is 5.39. The van der Waals surface area contributed by atoms with E-state index >= 15 is 0 Å². The maximum atomic E-state index is 11.4. The summed E-state index contributed by atoms with van der Waals surface area (Å²) >= 11 is 4.96. The molecule has 106 valence electrons. The van der Waals surface area contributed by atoms with Gasteiger partial charge in [-0.15, -0.1) is 0 Å². The molecule has 1 aromatic carbocycles. The highest BCUT2D eigenvalue weighted by Gasteiger charge is 2.21. The quantitative estimate of drug-likeness (QED) is 0.639. The molecule has 1 heterocycles. The van der Waals surface area contributed by atoms with E-state index in [0.29, 0.717) is 5.16 Å². The zero-order valence-electron chi connectivity index (χ0n) is 11.0. The van der Waals surface area contributed by atoms with Crippen molar-refractivity contribution in [1.29, 1.82) is 0 Å². The summed E-state index contributed by atoms with van der Waals surface area (Å²) in [7, 11) is 0. The number of benzene rings is 1. The van der Waals surface area contributed by atoms with Gasteiger partial charge in [-0.05, 0) is 24.1 Å². The van der Waals surface area contributed by atoms with E-state index < -0.39 is 0 Å². The molecule has 6 heteroatoms. The van der Waals surface area contributed by atoms with Gasteiger partial charge < -0.3 is 10.7 Å². The Morgan fingerprint density at radius 3 is 2.90 bits per heavy atom. The van der Waals surface area contributed by atoms with Gasteiger partial charge >= 0.3 is 0 Å². The van der Waals surface area contributed by atoms with Gasteiger partial charge in [0.25, 0.3) is 5.56 Å². The molecule has 0 saturated heterocycles. The third kappa shape index (κ3) is 3.94. The Morgan fingerprint density at radius 2 is 2.25 bits per heavy atom. The number of H-pyrrole nitrogens is 1. The molecule has 20 heavy (non-hydrogen) atoms. The molecule has 0 bridgehead atoms. The van der Waals surface area contributed by atoms with E-state index in [2.05, 4.69) is 32.8 Å². The smallest absolute Gasteiger partial charge is 0.251 e. The molecule has 4 nitrogen and oxygen atoms in total. The van der Waals surface area contributed by atoms with E-state index in [0.717, 1.165) is 16.5 Å². The van der Waals surface area contributed by atoms with E-state index in [9.17, 15) is 4.79 Å². The SMILES string of the molecule is CCC(N)C(Sc1nccc(=O)[nH]1)c1cccc(Br)c1. The molecule has 0 saturated carbocycles. The predicted octanol–water partition coefficient (Wildman–Crippen LogP) is 3.10. The van der Waals surface area contributed by atoms with Crippen LogP contribution in [-0.4, -0.2) is 16.0 Å². The third-order valence-electron chi connectivity index (χ3n) is 2.92. The Bertz CT molecular complexity index is 632. The summed E-state index contributed by atoms with van der Waals surface area (Å²) < 4.78 is 1.01. The first-order chi connectivity index (χ1) is 9.60. The summed E-state index contributed by atoms with van der Waals surface area (Å²) in [5.74, 6) is 0. The van der Waals surface area contributed by atoms with Gasteiger partial charge in [-0.2, -0.15) is 0 Å². The number of nitrogens with one attached hydrogen (secondary N) is 1. The number of hydrogen-bond donors (Lipinski definition) is 2. The monoisotopic (exact) mass is 353 g/mol. The van der Waals surface area contributed by atoms with E-state index in [4.69, 9.17) is 5.73 Å². The van der Waals surface area contributed by atoms with Crippen molar-refractivity contribution in [1.82, 2.24) is 9.97 Å². The molecule has 2 atom stereocenters. The molecule has 2 rings (SSSR count). The molecule has 0 aliphatic heterocycles. The molecule has 0 aliphatic rings. The van der Waals surface area contributed by atoms with Crippen molar-refractivity contribution in [3.63, 3.8) is 0 Å². The molecule has 2 unspecified atom stereocenters. The van der Waals surface area contributed by atoms with Crippen LogP contribution >= 0.6 is 27.7 Å². The van der Waals surface area contributed by atoms with Crippen molar-refractivity contribution < 1.29 is 0 Å². The molecular weight excluding hydrogens is 338 g/mol. The molecule has 3 N–H and O–H groups in total. The number of nitrogens with zero attached hydrogens (tertiary/aromatic N) is 1. The minimum absolute atomic E-state index is 0.0141. The number of thioether (sulfide) groups is 1. The average molecular weight is 354 g/mol. The van der Waals surface area contributed by atoms with Crippen LogP contribution in [0.4, 0.5) is 0 Å². The maximum absolute atomic E-state index is 11.4. The van der Waals surface area contributed by atoms with Gasteiger partial charge in [-0.1, -0.05) is 46.7 Å². The van der Waals surface area contributed by atoms with Crippen LogP contribution in [0.3, 0.4) is 0 Å². The van der Waals surface area contributed by atoms with Gasteiger partial charge in [0.2, 0.25) is 0 Å². The first-order valence-corrected chi connectivity index (χ1v) is 8.00. The molecule has 0 radical (unpaired) electrons. The third-order valence-corrected chi connectivity index (χ3v) is 4.72. The summed E-state index contributed by atoms with van der Waals surface area (Å²) in [6, 6.07) is 9.44. The number of aromatic amines is 1. The lowest BCUT2D eigenvalue weighted by molar-refractivity contribution is 0.632. The first-order valence-electron chi connectivity index (χ1n) is 6.33. The second kappa shape index (κ2) is 7.06. The van der Waals surface area contributed by atoms with E-state index in [1.54, 1.807) is 0 Å². The molecule has 0 fully saturated rings. The van der Waals surface area contributed by atoms with Crippen LogP contribution < -0.4 is 11.3 Å². The van der Waals surface area contributed by atoms with Gasteiger partial charge in [0.1, 0.15) is 0 Å². The highest BCUT2D eigenvalue weighted by Crippen LogP contribution is 2.36. The van der Waals surface area contributed by atoms with Gasteiger partial charge in [0.15, 0.2) is 5.16 Å². The average Bonchev–Trinajstić information content (AvgIpc) is 2.44. The van der Waals surface area contributed by atoms with Crippen LogP contribution in [-0.2, 0) is 0 Å². The molecule has 0 aliphatic carbocycles. The van der Waals surface area contributed by atoms with Gasteiger partial charge in [-0.25, -0.2) is 4.98 Å². The Labute approximate surface area is 130 Å². The molecule has 0 amide bonds. The zero-order chi connectivity index (χ0) is 14.5. The van der Waals surface area contributed by atoms with Crippen LogP contribution in [0.1, 0.15) is 24.2 Å². The van der Waals surface area contributed by atoms with Gasteiger partial charge in [0, 0.05) is 22.8 Å². The normalized spacial score (nSPS) is 13.9. The van der Waals surface area contributed by atoms with Crippen molar-refractivity contribution in [2.45, 2.75) is 29.8 Å². The van der Waals surface area contributed by atoms with Crippen molar-refractivity contribution in [2.75, 3.05) is 0 Å². The summed E-state index contributed by atoms with van der Waals surface area (Å²) in [6.45, 7) is 2.05. The number of rotatable bonds is 5. The summed E-state index contributed by atoms with van der Waals surface area (Å²) in [5, 5.41) is 0.634. The topological polar surface area (TPSA) is 71.8 Å². The lowest BCUT2D eigenvalue weighted by Gasteiger charge is -2.22. The van der Waals surface area contributed by atoms with Crippen molar-refractivity contribution in [3.05, 3.63) is 56.9 Å². The highest BCUT2D eigenvalue weighted by molar-refractivity contribution is 9.10. The van der Waals surface area contributed by atoms with Crippen molar-refractivity contribution in [3.8, 4) is 0 Å². The lowest BCUT2D eigenvalue weighted by atomic mass is 10.0. The second-order valence-electron chi connectivity index (χ2n) is 4.40. The molecule has 1 aromatic heterocycles. The summed E-state index contributed by atoms with van der Waals surface area (Å²) in [6.07, 6.45) is 2.36.